The number of carbonyl (C=O) groups is 3. The molecule has 3 aliphatic heterocycles. The van der Waals surface area contributed by atoms with Crippen molar-refractivity contribution in [1.29, 1.82) is 0 Å². The van der Waals surface area contributed by atoms with Crippen molar-refractivity contribution in [1.82, 2.24) is 0 Å². The Morgan fingerprint density at radius 2 is 1.02 bits per heavy atom. The van der Waals surface area contributed by atoms with Gasteiger partial charge in [-0.05, 0) is 75.9 Å². The third-order valence-electron chi connectivity index (χ3n) is 10.8. The van der Waals surface area contributed by atoms with Crippen LogP contribution in [0, 0.1) is 11.8 Å². The molecule has 3 heterocycles. The number of amides is 2. The first-order chi connectivity index (χ1) is 24.5. The zero-order chi connectivity index (χ0) is 33.8. The summed E-state index contributed by atoms with van der Waals surface area (Å²) in [6.07, 6.45) is 0. The van der Waals surface area contributed by atoms with E-state index < -0.39 is 34.5 Å². The number of allylic oxidation sites excluding steroid dienone is 2. The summed E-state index contributed by atoms with van der Waals surface area (Å²) in [5.41, 5.74) is 1.27. The summed E-state index contributed by atoms with van der Waals surface area (Å²) in [6.45, 7) is 0.145. The van der Waals surface area contributed by atoms with Gasteiger partial charge in [-0.1, -0.05) is 94.8 Å². The lowest BCUT2D eigenvalue weighted by atomic mass is 9.59. The summed E-state index contributed by atoms with van der Waals surface area (Å²) in [6, 6.07) is 37.2. The molecular formula is C41H26BrNO7. The summed E-state index contributed by atoms with van der Waals surface area (Å²) in [7, 11) is 0. The van der Waals surface area contributed by atoms with E-state index in [1.165, 1.54) is 4.90 Å². The SMILES string of the molecule is O=C1[C@@H]2[C@H](C(=O)N1c1cccc(Br)c1)[C@]1(c3ccccc3)C(=O)[C@@]2(c2ccccc2)C(c2ccc3c(c2)OCO3)=C1c1ccc2c(c1)OCO2. The van der Waals surface area contributed by atoms with Crippen molar-refractivity contribution in [3.05, 3.63) is 148 Å². The van der Waals surface area contributed by atoms with Crippen molar-refractivity contribution in [3.8, 4) is 23.0 Å². The van der Waals surface area contributed by atoms with Crippen molar-refractivity contribution in [2.24, 2.45) is 11.8 Å². The van der Waals surface area contributed by atoms with Crippen LogP contribution in [0.5, 0.6) is 23.0 Å². The number of carbonyl (C=O) groups excluding carboxylic acids is 3. The highest BCUT2D eigenvalue weighted by atomic mass is 79.9. The van der Waals surface area contributed by atoms with Crippen LogP contribution in [-0.2, 0) is 25.2 Å². The minimum Gasteiger partial charge on any atom is -0.454 e. The molecule has 0 N–H and O–H groups in total. The zero-order valence-electron chi connectivity index (χ0n) is 26.3. The third-order valence-corrected chi connectivity index (χ3v) is 11.3. The molecule has 50 heavy (non-hydrogen) atoms. The Balaban J connectivity index is 1.37. The quantitative estimate of drug-likeness (QED) is 0.179. The molecule has 10 rings (SSSR count). The fourth-order valence-corrected chi connectivity index (χ4v) is 9.49. The largest absolute Gasteiger partial charge is 0.454 e. The van der Waals surface area contributed by atoms with Gasteiger partial charge in [0.1, 0.15) is 0 Å². The molecule has 4 atom stereocenters. The first kappa shape index (κ1) is 29.3. The molecule has 5 aliphatic rings. The molecule has 5 aromatic carbocycles. The molecular weight excluding hydrogens is 698 g/mol. The Hall–Kier alpha value is -5.67. The van der Waals surface area contributed by atoms with Crippen LogP contribution in [0.3, 0.4) is 0 Å². The molecule has 5 aromatic rings. The second kappa shape index (κ2) is 10.4. The number of benzene rings is 5. The van der Waals surface area contributed by atoms with Crippen molar-refractivity contribution < 1.29 is 33.3 Å². The fraction of sp³-hybridized carbons (Fsp3) is 0.146. The van der Waals surface area contributed by atoms with E-state index in [0.29, 0.717) is 62.1 Å². The van der Waals surface area contributed by atoms with Gasteiger partial charge in [0.05, 0.1) is 28.4 Å². The first-order valence-corrected chi connectivity index (χ1v) is 17.1. The van der Waals surface area contributed by atoms with E-state index in [-0.39, 0.29) is 19.4 Å². The van der Waals surface area contributed by atoms with Crippen LogP contribution >= 0.6 is 15.9 Å². The van der Waals surface area contributed by atoms with Crippen molar-refractivity contribution in [3.63, 3.8) is 0 Å². The number of rotatable bonds is 5. The maximum absolute atomic E-state index is 16.2. The van der Waals surface area contributed by atoms with E-state index in [1.54, 1.807) is 18.2 Å². The summed E-state index contributed by atoms with van der Waals surface area (Å²) < 4.78 is 23.8. The number of fused-ring (bicyclic) bond motifs is 7. The molecule has 2 aliphatic carbocycles. The molecule has 1 saturated carbocycles. The molecule has 2 amide bonds. The average molecular weight is 725 g/mol. The van der Waals surface area contributed by atoms with E-state index in [0.717, 1.165) is 4.47 Å². The molecule has 0 unspecified atom stereocenters. The average Bonchev–Trinajstić information content (AvgIpc) is 3.95. The molecule has 2 fully saturated rings. The maximum atomic E-state index is 16.2. The van der Waals surface area contributed by atoms with Gasteiger partial charge in [-0.15, -0.1) is 0 Å². The monoisotopic (exact) mass is 723 g/mol. The van der Waals surface area contributed by atoms with Crippen LogP contribution in [0.25, 0.3) is 11.1 Å². The molecule has 8 nitrogen and oxygen atoms in total. The lowest BCUT2D eigenvalue weighted by molar-refractivity contribution is -0.130. The number of imide groups is 1. The van der Waals surface area contributed by atoms with Gasteiger partial charge in [0.2, 0.25) is 25.4 Å². The number of halogens is 1. The minimum absolute atomic E-state index is 0.0723. The van der Waals surface area contributed by atoms with Crippen LogP contribution in [0.2, 0.25) is 0 Å². The minimum atomic E-state index is -1.56. The van der Waals surface area contributed by atoms with E-state index in [1.807, 2.05) is 103 Å². The van der Waals surface area contributed by atoms with Gasteiger partial charge in [0.15, 0.2) is 28.8 Å². The topological polar surface area (TPSA) is 91.4 Å². The van der Waals surface area contributed by atoms with Crippen molar-refractivity contribution in [2.45, 2.75) is 10.8 Å². The molecule has 244 valence electrons. The molecule has 1 saturated heterocycles. The summed E-state index contributed by atoms with van der Waals surface area (Å²) in [5, 5.41) is 0. The van der Waals surface area contributed by atoms with Gasteiger partial charge in [-0.2, -0.15) is 0 Å². The van der Waals surface area contributed by atoms with E-state index in [4.69, 9.17) is 18.9 Å². The number of ketones is 1. The Morgan fingerprint density at radius 3 is 1.50 bits per heavy atom. The Labute approximate surface area is 295 Å². The number of ether oxygens (including phenoxy) is 4. The second-order valence-corrected chi connectivity index (χ2v) is 13.9. The van der Waals surface area contributed by atoms with Gasteiger partial charge in [0, 0.05) is 4.47 Å². The van der Waals surface area contributed by atoms with Crippen molar-refractivity contribution >= 4 is 50.4 Å². The lowest BCUT2D eigenvalue weighted by Crippen LogP contribution is -2.45. The molecule has 0 radical (unpaired) electrons. The number of hydrogen-bond donors (Lipinski definition) is 0. The highest BCUT2D eigenvalue weighted by Gasteiger charge is 2.82. The Kier molecular flexibility index (Phi) is 6.10. The van der Waals surface area contributed by atoms with Gasteiger partial charge >= 0.3 is 0 Å². The summed E-state index contributed by atoms with van der Waals surface area (Å²) in [4.78, 5) is 47.8. The van der Waals surface area contributed by atoms with Gasteiger partial charge in [0.25, 0.3) is 0 Å². The maximum Gasteiger partial charge on any atom is 0.239 e. The summed E-state index contributed by atoms with van der Waals surface area (Å²) >= 11 is 3.52. The highest BCUT2D eigenvalue weighted by Crippen LogP contribution is 2.74. The number of Topliss-reactive ketones (excluding diaryl/α,β-unsaturated/α-hetero) is 1. The lowest BCUT2D eigenvalue weighted by Gasteiger charge is -2.39. The highest BCUT2D eigenvalue weighted by molar-refractivity contribution is 9.10. The first-order valence-electron chi connectivity index (χ1n) is 16.3. The molecule has 0 aromatic heterocycles. The van der Waals surface area contributed by atoms with Gasteiger partial charge in [-0.3, -0.25) is 14.4 Å². The fourth-order valence-electron chi connectivity index (χ4n) is 9.10. The van der Waals surface area contributed by atoms with Gasteiger partial charge in [-0.25, -0.2) is 4.90 Å². The van der Waals surface area contributed by atoms with Crippen LogP contribution in [0.4, 0.5) is 5.69 Å². The standard InChI is InChI=1S/C41H26BrNO7/c42-27-12-7-13-28(20-27)43-37(44)35-36(38(43)45)41(26-10-5-2-6-11-26)34(24-15-17-30-32(19-24)50-22-48-30)33(23-14-16-29-31(18-23)49-21-47-29)40(35,39(41)46)25-8-3-1-4-9-25/h1-20,35-36H,21-22H2/t35-,36+,40-,41+. The Bertz CT molecular complexity index is 2200. The number of anilines is 1. The van der Waals surface area contributed by atoms with E-state index in [2.05, 4.69) is 15.9 Å². The predicted octanol–water partition coefficient (Wildman–Crippen LogP) is 7.10. The van der Waals surface area contributed by atoms with E-state index >= 15 is 14.4 Å². The number of hydrogen-bond acceptors (Lipinski definition) is 7. The summed E-state index contributed by atoms with van der Waals surface area (Å²) in [5.74, 6) is -0.913. The van der Waals surface area contributed by atoms with E-state index in [9.17, 15) is 0 Å². The van der Waals surface area contributed by atoms with Crippen molar-refractivity contribution in [2.75, 3.05) is 18.5 Å². The Morgan fingerprint density at radius 1 is 0.540 bits per heavy atom. The van der Waals surface area contributed by atoms with Crippen LogP contribution < -0.4 is 23.8 Å². The predicted molar refractivity (Wildman–Crippen MR) is 187 cm³/mol. The second-order valence-electron chi connectivity index (χ2n) is 13.0. The number of nitrogens with zero attached hydrogens (tertiary/aromatic N) is 1. The molecule has 0 spiro atoms. The normalized spacial score (nSPS) is 25.5. The smallest absolute Gasteiger partial charge is 0.239 e. The van der Waals surface area contributed by atoms with Gasteiger partial charge < -0.3 is 18.9 Å². The molecule has 9 heteroatoms. The van der Waals surface area contributed by atoms with Crippen LogP contribution in [0.15, 0.2) is 126 Å². The van der Waals surface area contributed by atoms with Crippen LogP contribution in [0.1, 0.15) is 22.3 Å². The molecule has 2 bridgehead atoms. The zero-order valence-corrected chi connectivity index (χ0v) is 27.9. The van der Waals surface area contributed by atoms with Crippen LogP contribution in [-0.4, -0.2) is 31.2 Å². The third kappa shape index (κ3) is 3.57.